The third-order valence-electron chi connectivity index (χ3n) is 2.88. The maximum atomic E-state index is 13.0. The monoisotopic (exact) mass is 280 g/mol. The van der Waals surface area contributed by atoms with Gasteiger partial charge in [-0.05, 0) is 19.9 Å². The SMILES string of the molecule is Cc1nsc(NC(=O)C2(C(F)(F)F)CCNC2)n1. The van der Waals surface area contributed by atoms with Gasteiger partial charge < -0.3 is 5.32 Å². The second-order valence-electron chi connectivity index (χ2n) is 4.11. The smallest absolute Gasteiger partial charge is 0.315 e. The van der Waals surface area contributed by atoms with Crippen LogP contribution >= 0.6 is 11.5 Å². The summed E-state index contributed by atoms with van der Waals surface area (Å²) in [6, 6.07) is 0. The van der Waals surface area contributed by atoms with E-state index in [0.29, 0.717) is 5.82 Å². The molecule has 0 radical (unpaired) electrons. The second-order valence-corrected chi connectivity index (χ2v) is 4.86. The molecule has 18 heavy (non-hydrogen) atoms. The lowest BCUT2D eigenvalue weighted by atomic mass is 9.85. The number of carbonyl (C=O) groups excluding carboxylic acids is 1. The van der Waals surface area contributed by atoms with Crippen molar-refractivity contribution in [2.45, 2.75) is 19.5 Å². The molecule has 0 aliphatic carbocycles. The third-order valence-corrected chi connectivity index (χ3v) is 3.60. The van der Waals surface area contributed by atoms with Gasteiger partial charge in [0, 0.05) is 18.1 Å². The van der Waals surface area contributed by atoms with Gasteiger partial charge in [-0.25, -0.2) is 4.98 Å². The summed E-state index contributed by atoms with van der Waals surface area (Å²) in [6.07, 6.45) is -4.85. The Labute approximate surface area is 105 Å². The topological polar surface area (TPSA) is 66.9 Å². The quantitative estimate of drug-likeness (QED) is 0.857. The lowest BCUT2D eigenvalue weighted by Gasteiger charge is -2.28. The van der Waals surface area contributed by atoms with Crippen molar-refractivity contribution in [1.29, 1.82) is 0 Å². The number of nitrogens with zero attached hydrogens (tertiary/aromatic N) is 2. The van der Waals surface area contributed by atoms with Crippen molar-refractivity contribution in [3.05, 3.63) is 5.82 Å². The van der Waals surface area contributed by atoms with Gasteiger partial charge in [0.05, 0.1) is 0 Å². The summed E-state index contributed by atoms with van der Waals surface area (Å²) in [5.74, 6) is -0.656. The van der Waals surface area contributed by atoms with Crippen LogP contribution in [-0.4, -0.2) is 34.5 Å². The van der Waals surface area contributed by atoms with Crippen LogP contribution in [0.1, 0.15) is 12.2 Å². The fraction of sp³-hybridized carbons (Fsp3) is 0.667. The number of hydrogen-bond donors (Lipinski definition) is 2. The Kier molecular flexibility index (Phi) is 3.28. The standard InChI is InChI=1S/C9H11F3N4OS/c1-5-14-7(18-16-5)15-6(17)8(9(10,11)12)2-3-13-4-8/h13H,2-4H2,1H3,(H,14,15,16,17). The molecule has 1 aliphatic rings. The van der Waals surface area contributed by atoms with E-state index in [4.69, 9.17) is 0 Å². The molecule has 1 aliphatic heterocycles. The number of carbonyl (C=O) groups is 1. The summed E-state index contributed by atoms with van der Waals surface area (Å²) in [4.78, 5) is 15.7. The molecule has 1 unspecified atom stereocenters. The first-order chi connectivity index (χ1) is 8.35. The highest BCUT2D eigenvalue weighted by Crippen LogP contribution is 2.43. The lowest BCUT2D eigenvalue weighted by Crippen LogP contribution is -2.49. The lowest BCUT2D eigenvalue weighted by molar-refractivity contribution is -0.213. The maximum Gasteiger partial charge on any atom is 0.404 e. The molecule has 2 N–H and O–H groups in total. The largest absolute Gasteiger partial charge is 0.404 e. The van der Waals surface area contributed by atoms with Crippen LogP contribution in [0.5, 0.6) is 0 Å². The highest BCUT2D eigenvalue weighted by atomic mass is 32.1. The van der Waals surface area contributed by atoms with Gasteiger partial charge in [0.25, 0.3) is 0 Å². The van der Waals surface area contributed by atoms with Gasteiger partial charge in [0.15, 0.2) is 5.41 Å². The molecule has 2 rings (SSSR count). The molecule has 0 spiro atoms. The van der Waals surface area contributed by atoms with Crippen molar-refractivity contribution < 1.29 is 18.0 Å². The zero-order chi connectivity index (χ0) is 13.4. The Bertz CT molecular complexity index is 453. The fourth-order valence-corrected chi connectivity index (χ4v) is 2.39. The van der Waals surface area contributed by atoms with Crippen molar-refractivity contribution >= 4 is 22.6 Å². The van der Waals surface area contributed by atoms with E-state index in [0.717, 1.165) is 11.5 Å². The molecular formula is C9H11F3N4OS. The Morgan fingerprint density at radius 2 is 2.28 bits per heavy atom. The van der Waals surface area contributed by atoms with Crippen LogP contribution in [0.15, 0.2) is 0 Å². The molecule has 1 atom stereocenters. The van der Waals surface area contributed by atoms with Crippen LogP contribution < -0.4 is 10.6 Å². The molecule has 9 heteroatoms. The van der Waals surface area contributed by atoms with Gasteiger partial charge in [-0.1, -0.05) is 0 Å². The number of amides is 1. The molecule has 100 valence electrons. The average molecular weight is 280 g/mol. The van der Waals surface area contributed by atoms with Crippen molar-refractivity contribution in [1.82, 2.24) is 14.7 Å². The third kappa shape index (κ3) is 2.19. The molecule has 1 saturated heterocycles. The molecule has 5 nitrogen and oxygen atoms in total. The van der Waals surface area contributed by atoms with Crippen LogP contribution in [0.25, 0.3) is 0 Å². The van der Waals surface area contributed by atoms with Crippen LogP contribution in [0.2, 0.25) is 0 Å². The van der Waals surface area contributed by atoms with Crippen LogP contribution in [0.3, 0.4) is 0 Å². The zero-order valence-corrected chi connectivity index (χ0v) is 10.3. The minimum atomic E-state index is -4.58. The van der Waals surface area contributed by atoms with Crippen molar-refractivity contribution in [2.75, 3.05) is 18.4 Å². The molecule has 1 fully saturated rings. The second kappa shape index (κ2) is 4.47. The summed E-state index contributed by atoms with van der Waals surface area (Å²) in [6.45, 7) is 1.37. The molecule has 0 aromatic carbocycles. The van der Waals surface area contributed by atoms with Gasteiger partial charge in [-0.15, -0.1) is 0 Å². The highest BCUT2D eigenvalue weighted by Gasteiger charge is 2.61. The first-order valence-corrected chi connectivity index (χ1v) is 6.02. The Balaban J connectivity index is 2.20. The number of hydrogen-bond acceptors (Lipinski definition) is 5. The number of anilines is 1. The molecular weight excluding hydrogens is 269 g/mol. The number of alkyl halides is 3. The summed E-state index contributed by atoms with van der Waals surface area (Å²) >= 11 is 0.865. The normalized spacial score (nSPS) is 24.2. The minimum Gasteiger partial charge on any atom is -0.315 e. The summed E-state index contributed by atoms with van der Waals surface area (Å²) in [5.41, 5.74) is -2.37. The van der Waals surface area contributed by atoms with Gasteiger partial charge in [0.1, 0.15) is 5.82 Å². The molecule has 1 aromatic heterocycles. The fourth-order valence-electron chi connectivity index (χ4n) is 1.82. The predicted octanol–water partition coefficient (Wildman–Crippen LogP) is 1.33. The van der Waals surface area contributed by atoms with Crippen LogP contribution in [-0.2, 0) is 4.79 Å². The molecule has 1 aromatic rings. The van der Waals surface area contributed by atoms with Crippen molar-refractivity contribution in [2.24, 2.45) is 5.41 Å². The Morgan fingerprint density at radius 1 is 1.56 bits per heavy atom. The number of aryl methyl sites for hydroxylation is 1. The van der Waals surface area contributed by atoms with Gasteiger partial charge >= 0.3 is 6.18 Å². The number of halogens is 3. The van der Waals surface area contributed by atoms with E-state index in [1.165, 1.54) is 0 Å². The molecule has 2 heterocycles. The van der Waals surface area contributed by atoms with Gasteiger partial charge in [-0.2, -0.15) is 17.5 Å². The van der Waals surface area contributed by atoms with Crippen LogP contribution in [0, 0.1) is 12.3 Å². The van der Waals surface area contributed by atoms with Crippen molar-refractivity contribution in [3.63, 3.8) is 0 Å². The summed E-state index contributed by atoms with van der Waals surface area (Å²) in [5, 5.41) is 4.87. The molecule has 1 amide bonds. The molecule has 0 bridgehead atoms. The number of nitrogens with one attached hydrogen (secondary N) is 2. The highest BCUT2D eigenvalue weighted by molar-refractivity contribution is 7.09. The van der Waals surface area contributed by atoms with Crippen molar-refractivity contribution in [3.8, 4) is 0 Å². The van der Waals surface area contributed by atoms with E-state index in [1.54, 1.807) is 6.92 Å². The predicted molar refractivity (Wildman–Crippen MR) is 59.3 cm³/mol. The van der Waals surface area contributed by atoms with E-state index in [1.807, 2.05) is 0 Å². The van der Waals surface area contributed by atoms with Crippen LogP contribution in [0.4, 0.5) is 18.3 Å². The zero-order valence-electron chi connectivity index (χ0n) is 9.47. The number of rotatable bonds is 2. The Hall–Kier alpha value is -1.22. The summed E-state index contributed by atoms with van der Waals surface area (Å²) in [7, 11) is 0. The Morgan fingerprint density at radius 3 is 2.72 bits per heavy atom. The first-order valence-electron chi connectivity index (χ1n) is 5.24. The van der Waals surface area contributed by atoms with E-state index in [-0.39, 0.29) is 18.1 Å². The minimum absolute atomic E-state index is 0.0908. The summed E-state index contributed by atoms with van der Waals surface area (Å²) < 4.78 is 42.9. The first kappa shape index (κ1) is 13.2. The van der Waals surface area contributed by atoms with Gasteiger partial charge in [0.2, 0.25) is 11.0 Å². The number of aromatic nitrogens is 2. The van der Waals surface area contributed by atoms with E-state index < -0.39 is 24.0 Å². The maximum absolute atomic E-state index is 13.0. The van der Waals surface area contributed by atoms with Gasteiger partial charge in [-0.3, -0.25) is 10.1 Å². The van der Waals surface area contributed by atoms with E-state index in [2.05, 4.69) is 20.0 Å². The van der Waals surface area contributed by atoms with E-state index in [9.17, 15) is 18.0 Å². The van der Waals surface area contributed by atoms with E-state index >= 15 is 0 Å². The molecule has 0 saturated carbocycles. The average Bonchev–Trinajstić information content (AvgIpc) is 2.86.